The number of fused-ring (bicyclic) bond motifs is 1. The molecule has 0 aliphatic carbocycles. The average Bonchev–Trinajstić information content (AvgIpc) is 3.05. The molecule has 0 atom stereocenters. The Morgan fingerprint density at radius 2 is 2.07 bits per heavy atom. The van der Waals surface area contributed by atoms with Gasteiger partial charge in [0, 0.05) is 34.9 Å². The van der Waals surface area contributed by atoms with Crippen molar-refractivity contribution in [1.82, 2.24) is 19.7 Å². The molecule has 0 radical (unpaired) electrons. The average molecular weight is 433 g/mol. The molecule has 1 aromatic carbocycles. The highest BCUT2D eigenvalue weighted by atomic mass is 79.9. The fourth-order valence-electron chi connectivity index (χ4n) is 3.07. The third kappa shape index (κ3) is 3.88. The van der Waals surface area contributed by atoms with Gasteiger partial charge in [-0.3, -0.25) is 4.79 Å². The normalized spacial score (nSPS) is 11.4. The van der Waals surface area contributed by atoms with Crippen LogP contribution in [0.1, 0.15) is 48.4 Å². The van der Waals surface area contributed by atoms with Crippen LogP contribution in [0.25, 0.3) is 11.0 Å². The van der Waals surface area contributed by atoms with Gasteiger partial charge >= 0.3 is 0 Å². The highest BCUT2D eigenvalue weighted by Crippen LogP contribution is 2.24. The van der Waals surface area contributed by atoms with Crippen molar-refractivity contribution in [1.29, 1.82) is 0 Å². The van der Waals surface area contributed by atoms with Gasteiger partial charge in [-0.25, -0.2) is 14.1 Å². The lowest BCUT2D eigenvalue weighted by Gasteiger charge is -2.22. The molecule has 0 bridgehead atoms. The summed E-state index contributed by atoms with van der Waals surface area (Å²) in [5.41, 5.74) is 2.46. The first kappa shape index (κ1) is 19.5. The van der Waals surface area contributed by atoms with Crippen LogP contribution in [-0.4, -0.2) is 32.1 Å². The number of nitrogens with zero attached hydrogens (tertiary/aromatic N) is 4. The van der Waals surface area contributed by atoms with Crippen molar-refractivity contribution >= 4 is 32.9 Å². The van der Waals surface area contributed by atoms with Crippen LogP contribution in [0.4, 0.5) is 4.39 Å². The molecule has 0 saturated carbocycles. The van der Waals surface area contributed by atoms with Crippen molar-refractivity contribution in [3.63, 3.8) is 0 Å². The monoisotopic (exact) mass is 432 g/mol. The molecule has 7 heteroatoms. The van der Waals surface area contributed by atoms with E-state index in [1.54, 1.807) is 29.3 Å². The predicted molar refractivity (Wildman–Crippen MR) is 107 cm³/mol. The van der Waals surface area contributed by atoms with Gasteiger partial charge in [0.15, 0.2) is 5.65 Å². The van der Waals surface area contributed by atoms with Gasteiger partial charge in [-0.2, -0.15) is 5.10 Å². The number of carbonyl (C=O) groups excluding carboxylic acids is 1. The van der Waals surface area contributed by atoms with Gasteiger partial charge in [-0.1, -0.05) is 15.9 Å². The Hall–Kier alpha value is -2.28. The molecular formula is C20H22BrFN4O. The fourth-order valence-corrected chi connectivity index (χ4v) is 3.47. The van der Waals surface area contributed by atoms with E-state index in [4.69, 9.17) is 0 Å². The second-order valence-electron chi connectivity index (χ2n) is 6.79. The Kier molecular flexibility index (Phi) is 5.60. The van der Waals surface area contributed by atoms with Crippen molar-refractivity contribution in [2.45, 2.75) is 40.3 Å². The molecule has 0 aliphatic rings. The highest BCUT2D eigenvalue weighted by molar-refractivity contribution is 9.10. The maximum absolute atomic E-state index is 14.2. The van der Waals surface area contributed by atoms with Crippen molar-refractivity contribution in [3.05, 3.63) is 57.6 Å². The van der Waals surface area contributed by atoms with E-state index in [1.165, 1.54) is 6.07 Å². The number of rotatable bonds is 5. The molecule has 0 N–H and O–H groups in total. The summed E-state index contributed by atoms with van der Waals surface area (Å²) in [5.74, 6) is -0.483. The van der Waals surface area contributed by atoms with Gasteiger partial charge < -0.3 is 4.90 Å². The number of aryl methyl sites for hydroxylation is 1. The Labute approximate surface area is 166 Å². The summed E-state index contributed by atoms with van der Waals surface area (Å²) in [5, 5.41) is 5.11. The molecule has 27 heavy (non-hydrogen) atoms. The Morgan fingerprint density at radius 3 is 2.74 bits per heavy atom. The fraction of sp³-hybridized carbons (Fsp3) is 0.350. The molecule has 3 rings (SSSR count). The Balaban J connectivity index is 2.01. The zero-order valence-electron chi connectivity index (χ0n) is 15.8. The Bertz CT molecular complexity index is 999. The maximum atomic E-state index is 14.2. The number of pyridine rings is 1. The van der Waals surface area contributed by atoms with E-state index in [2.05, 4.69) is 26.0 Å². The van der Waals surface area contributed by atoms with Crippen molar-refractivity contribution in [2.75, 3.05) is 6.54 Å². The molecule has 0 unspecified atom stereocenters. The van der Waals surface area contributed by atoms with Gasteiger partial charge in [0.25, 0.3) is 5.91 Å². The van der Waals surface area contributed by atoms with Crippen LogP contribution in [0.3, 0.4) is 0 Å². The number of benzene rings is 1. The largest absolute Gasteiger partial charge is 0.334 e. The molecule has 142 valence electrons. The van der Waals surface area contributed by atoms with E-state index in [-0.39, 0.29) is 24.3 Å². The van der Waals surface area contributed by atoms with Crippen LogP contribution < -0.4 is 0 Å². The van der Waals surface area contributed by atoms with E-state index in [0.717, 1.165) is 10.2 Å². The van der Waals surface area contributed by atoms with Gasteiger partial charge in [-0.05, 0) is 52.0 Å². The quantitative estimate of drug-likeness (QED) is 0.576. The molecule has 2 aromatic heterocycles. The topological polar surface area (TPSA) is 51.0 Å². The Morgan fingerprint density at radius 1 is 1.33 bits per heavy atom. The molecule has 3 aromatic rings. The van der Waals surface area contributed by atoms with Crippen LogP contribution in [0.5, 0.6) is 0 Å². The number of aromatic nitrogens is 3. The van der Waals surface area contributed by atoms with Crippen LogP contribution in [0.2, 0.25) is 0 Å². The molecule has 0 spiro atoms. The molecule has 1 amide bonds. The second kappa shape index (κ2) is 7.76. The van der Waals surface area contributed by atoms with Gasteiger partial charge in [0.2, 0.25) is 0 Å². The lowest BCUT2D eigenvalue weighted by Crippen LogP contribution is -2.31. The minimum Gasteiger partial charge on any atom is -0.334 e. The molecule has 0 fully saturated rings. The molecule has 2 heterocycles. The van der Waals surface area contributed by atoms with E-state index >= 15 is 0 Å². The summed E-state index contributed by atoms with van der Waals surface area (Å²) in [6.07, 6.45) is 1.68. The number of hydrogen-bond donors (Lipinski definition) is 0. The van der Waals surface area contributed by atoms with Gasteiger partial charge in [-0.15, -0.1) is 0 Å². The molecular weight excluding hydrogens is 411 g/mol. The summed E-state index contributed by atoms with van der Waals surface area (Å²) >= 11 is 3.36. The summed E-state index contributed by atoms with van der Waals surface area (Å²) in [6, 6.07) is 6.66. The lowest BCUT2D eigenvalue weighted by molar-refractivity contribution is 0.0753. The van der Waals surface area contributed by atoms with Crippen LogP contribution in [0.15, 0.2) is 34.9 Å². The number of amides is 1. The molecule has 0 aliphatic heterocycles. The van der Waals surface area contributed by atoms with Gasteiger partial charge in [0.1, 0.15) is 5.82 Å². The third-order valence-corrected chi connectivity index (χ3v) is 4.95. The standard InChI is InChI=1S/C20H22BrFN4O/c1-5-25(11-14-9-15(21)6-7-18(14)22)20(27)16-8-13(4)24-19-17(16)10-23-26(19)12(2)3/h6-10,12H,5,11H2,1-4H3. The summed E-state index contributed by atoms with van der Waals surface area (Å²) in [6.45, 7) is 8.45. The maximum Gasteiger partial charge on any atom is 0.255 e. The summed E-state index contributed by atoms with van der Waals surface area (Å²) in [7, 11) is 0. The molecule has 0 saturated heterocycles. The zero-order chi connectivity index (χ0) is 19.7. The third-order valence-electron chi connectivity index (χ3n) is 4.45. The predicted octanol–water partition coefficient (Wildman–Crippen LogP) is 4.88. The van der Waals surface area contributed by atoms with Gasteiger partial charge in [0.05, 0.1) is 17.1 Å². The van der Waals surface area contributed by atoms with Crippen LogP contribution >= 0.6 is 15.9 Å². The number of halogens is 2. The smallest absolute Gasteiger partial charge is 0.255 e. The van der Waals surface area contributed by atoms with Crippen molar-refractivity contribution in [3.8, 4) is 0 Å². The van der Waals surface area contributed by atoms with E-state index in [1.807, 2.05) is 32.4 Å². The number of carbonyl (C=O) groups is 1. The first-order valence-corrected chi connectivity index (χ1v) is 9.69. The zero-order valence-corrected chi connectivity index (χ0v) is 17.4. The number of hydrogen-bond acceptors (Lipinski definition) is 3. The minimum atomic E-state index is -0.326. The van der Waals surface area contributed by atoms with Crippen LogP contribution in [0, 0.1) is 12.7 Å². The van der Waals surface area contributed by atoms with E-state index < -0.39 is 0 Å². The second-order valence-corrected chi connectivity index (χ2v) is 7.70. The summed E-state index contributed by atoms with van der Waals surface area (Å²) in [4.78, 5) is 19.4. The first-order chi connectivity index (χ1) is 12.8. The minimum absolute atomic E-state index is 0.137. The van der Waals surface area contributed by atoms with Crippen LogP contribution in [-0.2, 0) is 6.54 Å². The van der Waals surface area contributed by atoms with E-state index in [0.29, 0.717) is 28.7 Å². The van der Waals surface area contributed by atoms with E-state index in [9.17, 15) is 9.18 Å². The van der Waals surface area contributed by atoms with Crippen molar-refractivity contribution in [2.24, 2.45) is 0 Å². The highest BCUT2D eigenvalue weighted by Gasteiger charge is 2.22. The SMILES string of the molecule is CCN(Cc1cc(Br)ccc1F)C(=O)c1cc(C)nc2c1cnn2C(C)C. The van der Waals surface area contributed by atoms with Crippen molar-refractivity contribution < 1.29 is 9.18 Å². The summed E-state index contributed by atoms with van der Waals surface area (Å²) < 4.78 is 16.7. The lowest BCUT2D eigenvalue weighted by atomic mass is 10.1. The molecule has 5 nitrogen and oxygen atoms in total. The first-order valence-electron chi connectivity index (χ1n) is 8.89.